The van der Waals surface area contributed by atoms with Crippen LogP contribution in [0.2, 0.25) is 0 Å². The first-order chi connectivity index (χ1) is 16.5. The van der Waals surface area contributed by atoms with Gasteiger partial charge in [0.2, 0.25) is 0 Å². The highest BCUT2D eigenvalue weighted by Crippen LogP contribution is 2.34. The van der Waals surface area contributed by atoms with Gasteiger partial charge in [-0.05, 0) is 77.7 Å². The molecule has 0 spiro atoms. The molecule has 1 saturated heterocycles. The Morgan fingerprint density at radius 3 is 2.35 bits per heavy atom. The Labute approximate surface area is 203 Å². The third-order valence-corrected chi connectivity index (χ3v) is 7.30. The molecule has 2 amide bonds. The summed E-state index contributed by atoms with van der Waals surface area (Å²) in [6.45, 7) is 5.31. The van der Waals surface area contributed by atoms with E-state index in [4.69, 9.17) is 0 Å². The Hall–Kier alpha value is -3.57. The Balaban J connectivity index is 1.34. The van der Waals surface area contributed by atoms with E-state index in [-0.39, 0.29) is 17.7 Å². The summed E-state index contributed by atoms with van der Waals surface area (Å²) in [6.07, 6.45) is 2.81. The molecule has 4 aromatic rings. The van der Waals surface area contributed by atoms with Gasteiger partial charge in [-0.1, -0.05) is 66.7 Å². The zero-order valence-electron chi connectivity index (χ0n) is 19.3. The minimum absolute atomic E-state index is 0.220. The number of thioether (sulfide) groups is 1. The van der Waals surface area contributed by atoms with E-state index in [9.17, 15) is 9.59 Å². The molecule has 4 nitrogen and oxygen atoms in total. The van der Waals surface area contributed by atoms with Crippen molar-refractivity contribution in [2.75, 3.05) is 0 Å². The molecule has 3 aromatic carbocycles. The SMILES string of the molecule is Cc1cc(/C=C2\SC(=O)N(Cc3ccc4ccccc4c3)C2=O)c(C)n1CCc1ccccc1. The molecule has 5 rings (SSSR count). The predicted octanol–water partition coefficient (Wildman–Crippen LogP) is 6.74. The molecular weight excluding hydrogens is 440 g/mol. The quantitative estimate of drug-likeness (QED) is 0.296. The van der Waals surface area contributed by atoms with Gasteiger partial charge in [-0.2, -0.15) is 0 Å². The molecule has 170 valence electrons. The van der Waals surface area contributed by atoms with Crippen LogP contribution < -0.4 is 0 Å². The molecule has 0 radical (unpaired) electrons. The molecule has 0 bridgehead atoms. The number of amides is 2. The lowest BCUT2D eigenvalue weighted by molar-refractivity contribution is -0.123. The fourth-order valence-electron chi connectivity index (χ4n) is 4.50. The van der Waals surface area contributed by atoms with Crippen LogP contribution in [0, 0.1) is 13.8 Å². The first-order valence-electron chi connectivity index (χ1n) is 11.4. The molecule has 0 unspecified atom stereocenters. The van der Waals surface area contributed by atoms with Crippen molar-refractivity contribution in [2.45, 2.75) is 33.4 Å². The first kappa shape index (κ1) is 22.2. The molecular formula is C29H26N2O2S. The molecule has 1 aromatic heterocycles. The van der Waals surface area contributed by atoms with Crippen molar-refractivity contribution in [3.63, 3.8) is 0 Å². The second-order valence-electron chi connectivity index (χ2n) is 8.66. The number of imide groups is 1. The van der Waals surface area contributed by atoms with Gasteiger partial charge < -0.3 is 4.57 Å². The van der Waals surface area contributed by atoms with E-state index in [2.05, 4.69) is 54.8 Å². The summed E-state index contributed by atoms with van der Waals surface area (Å²) in [5.74, 6) is -0.225. The van der Waals surface area contributed by atoms with E-state index in [1.54, 1.807) is 0 Å². The largest absolute Gasteiger partial charge is 0.348 e. The number of aryl methyl sites for hydroxylation is 2. The van der Waals surface area contributed by atoms with Gasteiger partial charge >= 0.3 is 0 Å². The monoisotopic (exact) mass is 466 g/mol. The van der Waals surface area contributed by atoms with Crippen LogP contribution in [0.5, 0.6) is 0 Å². The zero-order chi connectivity index (χ0) is 23.7. The molecule has 34 heavy (non-hydrogen) atoms. The van der Waals surface area contributed by atoms with Gasteiger partial charge in [0.15, 0.2) is 0 Å². The van der Waals surface area contributed by atoms with E-state index in [0.717, 1.165) is 58.0 Å². The highest BCUT2D eigenvalue weighted by molar-refractivity contribution is 8.18. The van der Waals surface area contributed by atoms with E-state index >= 15 is 0 Å². The van der Waals surface area contributed by atoms with Gasteiger partial charge in [-0.3, -0.25) is 14.5 Å². The summed E-state index contributed by atoms with van der Waals surface area (Å²) >= 11 is 1.02. The van der Waals surface area contributed by atoms with Crippen molar-refractivity contribution in [1.29, 1.82) is 0 Å². The molecule has 0 aliphatic carbocycles. The average molecular weight is 467 g/mol. The average Bonchev–Trinajstić information content (AvgIpc) is 3.27. The van der Waals surface area contributed by atoms with E-state index in [1.807, 2.05) is 48.5 Å². The highest BCUT2D eigenvalue weighted by atomic mass is 32.2. The van der Waals surface area contributed by atoms with Gasteiger partial charge in [-0.25, -0.2) is 0 Å². The number of carbonyl (C=O) groups excluding carboxylic acids is 2. The predicted molar refractivity (Wildman–Crippen MR) is 140 cm³/mol. The van der Waals surface area contributed by atoms with E-state index < -0.39 is 0 Å². The summed E-state index contributed by atoms with van der Waals surface area (Å²) in [4.78, 5) is 27.6. The van der Waals surface area contributed by atoms with Crippen LogP contribution in [-0.2, 0) is 24.3 Å². The van der Waals surface area contributed by atoms with Gasteiger partial charge in [-0.15, -0.1) is 0 Å². The molecule has 5 heteroatoms. The molecule has 0 atom stereocenters. The Kier molecular flexibility index (Phi) is 6.12. The second kappa shape index (κ2) is 9.35. The Morgan fingerprint density at radius 2 is 1.56 bits per heavy atom. The van der Waals surface area contributed by atoms with E-state index in [1.165, 1.54) is 10.5 Å². The van der Waals surface area contributed by atoms with Gasteiger partial charge in [0, 0.05) is 17.9 Å². The normalized spacial score (nSPS) is 15.1. The first-order valence-corrected chi connectivity index (χ1v) is 12.2. The molecule has 2 heterocycles. The van der Waals surface area contributed by atoms with Crippen LogP contribution in [-0.4, -0.2) is 20.6 Å². The van der Waals surface area contributed by atoms with Gasteiger partial charge in [0.05, 0.1) is 11.4 Å². The maximum Gasteiger partial charge on any atom is 0.293 e. The number of aromatic nitrogens is 1. The fourth-order valence-corrected chi connectivity index (χ4v) is 5.33. The van der Waals surface area contributed by atoms with Crippen molar-refractivity contribution in [3.05, 3.63) is 112 Å². The number of nitrogens with zero attached hydrogens (tertiary/aromatic N) is 2. The number of rotatable bonds is 6. The van der Waals surface area contributed by atoms with Crippen LogP contribution in [0.15, 0.2) is 83.8 Å². The summed E-state index contributed by atoms with van der Waals surface area (Å²) < 4.78 is 2.28. The third kappa shape index (κ3) is 4.44. The van der Waals surface area contributed by atoms with Crippen molar-refractivity contribution in [2.24, 2.45) is 0 Å². The number of fused-ring (bicyclic) bond motifs is 1. The molecule has 1 fully saturated rings. The topological polar surface area (TPSA) is 42.3 Å². The standard InChI is InChI=1S/C29H26N2O2S/c1-20-16-26(21(2)30(20)15-14-22-8-4-3-5-9-22)18-27-28(32)31(29(33)34-27)19-23-12-13-24-10-6-7-11-25(24)17-23/h3-13,16-18H,14-15,19H2,1-2H3/b27-18-. The number of hydrogen-bond donors (Lipinski definition) is 0. The van der Waals surface area contributed by atoms with Crippen molar-refractivity contribution < 1.29 is 9.59 Å². The zero-order valence-corrected chi connectivity index (χ0v) is 20.1. The van der Waals surface area contributed by atoms with Crippen LogP contribution >= 0.6 is 11.8 Å². The lowest BCUT2D eigenvalue weighted by Gasteiger charge is -2.13. The summed E-state index contributed by atoms with van der Waals surface area (Å²) in [6, 6.07) is 26.7. The lowest BCUT2D eigenvalue weighted by atomic mass is 10.1. The van der Waals surface area contributed by atoms with Crippen LogP contribution in [0.25, 0.3) is 16.8 Å². The maximum atomic E-state index is 13.1. The molecule has 0 saturated carbocycles. The number of carbonyl (C=O) groups is 2. The maximum absolute atomic E-state index is 13.1. The summed E-state index contributed by atoms with van der Waals surface area (Å²) in [5.41, 5.74) is 5.49. The summed E-state index contributed by atoms with van der Waals surface area (Å²) in [7, 11) is 0. The van der Waals surface area contributed by atoms with Crippen molar-refractivity contribution in [1.82, 2.24) is 9.47 Å². The van der Waals surface area contributed by atoms with Crippen LogP contribution in [0.1, 0.15) is 28.1 Å². The highest BCUT2D eigenvalue weighted by Gasteiger charge is 2.35. The Bertz CT molecular complexity index is 1420. The summed E-state index contributed by atoms with van der Waals surface area (Å²) in [5, 5.41) is 2.02. The smallest absolute Gasteiger partial charge is 0.293 e. The lowest BCUT2D eigenvalue weighted by Crippen LogP contribution is -2.27. The van der Waals surface area contributed by atoms with Crippen LogP contribution in [0.4, 0.5) is 4.79 Å². The second-order valence-corrected chi connectivity index (χ2v) is 9.66. The number of benzene rings is 3. The fraction of sp³-hybridized carbons (Fsp3) is 0.172. The third-order valence-electron chi connectivity index (χ3n) is 6.39. The van der Waals surface area contributed by atoms with Crippen LogP contribution in [0.3, 0.4) is 0 Å². The van der Waals surface area contributed by atoms with Gasteiger partial charge in [0.25, 0.3) is 11.1 Å². The number of hydrogen-bond acceptors (Lipinski definition) is 3. The molecule has 1 aliphatic heterocycles. The Morgan fingerprint density at radius 1 is 0.824 bits per heavy atom. The minimum Gasteiger partial charge on any atom is -0.348 e. The molecule has 1 aliphatic rings. The van der Waals surface area contributed by atoms with Crippen molar-refractivity contribution in [3.8, 4) is 0 Å². The van der Waals surface area contributed by atoms with Gasteiger partial charge in [0.1, 0.15) is 0 Å². The van der Waals surface area contributed by atoms with E-state index in [0.29, 0.717) is 4.91 Å². The molecule has 0 N–H and O–H groups in total. The van der Waals surface area contributed by atoms with Crippen molar-refractivity contribution >= 4 is 39.8 Å². The minimum atomic E-state index is -0.225.